The number of carbonyl (C=O) groups excluding carboxylic acids is 1. The van der Waals surface area contributed by atoms with Crippen molar-refractivity contribution >= 4 is 5.91 Å². The lowest BCUT2D eigenvalue weighted by molar-refractivity contribution is 0.0706. The number of ether oxygens (including phenoxy) is 1. The summed E-state index contributed by atoms with van der Waals surface area (Å²) in [6, 6.07) is 9.36. The number of rotatable bonds is 4. The van der Waals surface area contributed by atoms with E-state index < -0.39 is 0 Å². The number of piperidine rings is 1. The van der Waals surface area contributed by atoms with Gasteiger partial charge in [-0.15, -0.1) is 0 Å². The predicted octanol–water partition coefficient (Wildman–Crippen LogP) is 2.96. The molecule has 1 atom stereocenters. The number of benzene rings is 1. The van der Waals surface area contributed by atoms with Crippen LogP contribution in [0.4, 0.5) is 0 Å². The summed E-state index contributed by atoms with van der Waals surface area (Å²) >= 11 is 0. The fraction of sp³-hybridized carbons (Fsp3) is 0.286. The van der Waals surface area contributed by atoms with Gasteiger partial charge in [0, 0.05) is 54.4 Å². The number of aromatic nitrogens is 4. The highest BCUT2D eigenvalue weighted by molar-refractivity contribution is 5.94. The second kappa shape index (κ2) is 8.12. The number of hydrogen-bond donors (Lipinski definition) is 0. The molecule has 142 valence electrons. The fourth-order valence-corrected chi connectivity index (χ4v) is 3.57. The summed E-state index contributed by atoms with van der Waals surface area (Å²) in [6.07, 6.45) is 8.53. The fourth-order valence-electron chi connectivity index (χ4n) is 3.57. The average Bonchev–Trinajstić information content (AvgIpc) is 2.79. The molecule has 1 aromatic carbocycles. The zero-order valence-electron chi connectivity index (χ0n) is 15.7. The molecule has 28 heavy (non-hydrogen) atoms. The number of methoxy groups -OCH3 is 1. The summed E-state index contributed by atoms with van der Waals surface area (Å²) in [4.78, 5) is 31.7. The molecular formula is C21H21N5O2. The molecule has 7 heteroatoms. The highest BCUT2D eigenvalue weighted by Gasteiger charge is 2.26. The SMILES string of the molecule is COc1nccnc1-c1ccc(C(=O)N2CCC[C@H](c3ccncn3)C2)cc1. The van der Waals surface area contributed by atoms with Crippen LogP contribution in [0.5, 0.6) is 5.88 Å². The first-order valence-electron chi connectivity index (χ1n) is 9.27. The maximum Gasteiger partial charge on any atom is 0.253 e. The van der Waals surface area contributed by atoms with Crippen molar-refractivity contribution in [1.82, 2.24) is 24.8 Å². The Balaban J connectivity index is 1.50. The van der Waals surface area contributed by atoms with Crippen molar-refractivity contribution in [2.75, 3.05) is 20.2 Å². The van der Waals surface area contributed by atoms with Gasteiger partial charge < -0.3 is 9.64 Å². The zero-order chi connectivity index (χ0) is 19.3. The van der Waals surface area contributed by atoms with Gasteiger partial charge in [-0.3, -0.25) is 4.79 Å². The molecule has 1 saturated heterocycles. The van der Waals surface area contributed by atoms with Gasteiger partial charge in [-0.05, 0) is 31.0 Å². The first kappa shape index (κ1) is 18.0. The van der Waals surface area contributed by atoms with Crippen LogP contribution in [0.1, 0.15) is 34.8 Å². The van der Waals surface area contributed by atoms with Gasteiger partial charge in [0.25, 0.3) is 5.91 Å². The van der Waals surface area contributed by atoms with E-state index in [4.69, 9.17) is 4.74 Å². The Kier molecular flexibility index (Phi) is 5.23. The lowest BCUT2D eigenvalue weighted by atomic mass is 9.94. The molecule has 1 aliphatic rings. The number of amides is 1. The molecule has 0 saturated carbocycles. The van der Waals surface area contributed by atoms with Crippen LogP contribution in [-0.4, -0.2) is 50.9 Å². The van der Waals surface area contributed by atoms with E-state index in [0.717, 1.165) is 30.6 Å². The highest BCUT2D eigenvalue weighted by atomic mass is 16.5. The summed E-state index contributed by atoms with van der Waals surface area (Å²) in [5.74, 6) is 0.755. The van der Waals surface area contributed by atoms with Crippen molar-refractivity contribution in [1.29, 1.82) is 0 Å². The molecular weight excluding hydrogens is 354 g/mol. The Morgan fingerprint density at radius 2 is 1.89 bits per heavy atom. The number of likely N-dealkylation sites (tertiary alicyclic amines) is 1. The van der Waals surface area contributed by atoms with E-state index in [-0.39, 0.29) is 11.8 Å². The molecule has 0 bridgehead atoms. The van der Waals surface area contributed by atoms with Crippen molar-refractivity contribution in [3.63, 3.8) is 0 Å². The largest absolute Gasteiger partial charge is 0.479 e. The van der Waals surface area contributed by atoms with E-state index in [1.54, 1.807) is 32.0 Å². The third-order valence-corrected chi connectivity index (χ3v) is 5.00. The monoisotopic (exact) mass is 375 g/mol. The first-order chi connectivity index (χ1) is 13.8. The van der Waals surface area contributed by atoms with E-state index in [0.29, 0.717) is 23.7 Å². The van der Waals surface area contributed by atoms with E-state index >= 15 is 0 Å². The summed E-state index contributed by atoms with van der Waals surface area (Å²) in [7, 11) is 1.57. The lowest BCUT2D eigenvalue weighted by Crippen LogP contribution is -2.39. The predicted molar refractivity (Wildman–Crippen MR) is 104 cm³/mol. The minimum Gasteiger partial charge on any atom is -0.479 e. The minimum atomic E-state index is 0.0383. The van der Waals surface area contributed by atoms with Crippen LogP contribution in [-0.2, 0) is 0 Å². The minimum absolute atomic E-state index is 0.0383. The van der Waals surface area contributed by atoms with E-state index in [9.17, 15) is 4.79 Å². The van der Waals surface area contributed by atoms with Crippen LogP contribution in [0, 0.1) is 0 Å². The van der Waals surface area contributed by atoms with Crippen molar-refractivity contribution in [3.05, 3.63) is 66.5 Å². The first-order valence-corrected chi connectivity index (χ1v) is 9.27. The highest BCUT2D eigenvalue weighted by Crippen LogP contribution is 2.28. The van der Waals surface area contributed by atoms with Crippen molar-refractivity contribution in [2.45, 2.75) is 18.8 Å². The van der Waals surface area contributed by atoms with Crippen LogP contribution in [0.3, 0.4) is 0 Å². The van der Waals surface area contributed by atoms with Crippen molar-refractivity contribution in [2.24, 2.45) is 0 Å². The zero-order valence-corrected chi connectivity index (χ0v) is 15.7. The van der Waals surface area contributed by atoms with Gasteiger partial charge in [-0.25, -0.2) is 19.9 Å². The van der Waals surface area contributed by atoms with Crippen molar-refractivity contribution < 1.29 is 9.53 Å². The quantitative estimate of drug-likeness (QED) is 0.697. The molecule has 0 N–H and O–H groups in total. The lowest BCUT2D eigenvalue weighted by Gasteiger charge is -2.32. The Labute approximate surface area is 163 Å². The topological polar surface area (TPSA) is 81.1 Å². The standard InChI is InChI=1S/C21H21N5O2/c1-28-20-19(23-10-11-24-20)15-4-6-16(7-5-15)21(27)26-12-2-3-17(13-26)18-8-9-22-14-25-18/h4-11,14,17H,2-3,12-13H2,1H3/t17-/m0/s1. The van der Waals surface area contributed by atoms with Gasteiger partial charge in [-0.1, -0.05) is 12.1 Å². The summed E-state index contributed by atoms with van der Waals surface area (Å²) in [6.45, 7) is 1.44. The van der Waals surface area contributed by atoms with E-state index in [1.165, 1.54) is 0 Å². The van der Waals surface area contributed by atoms with Crippen molar-refractivity contribution in [3.8, 4) is 17.1 Å². The van der Waals surface area contributed by atoms with E-state index in [2.05, 4.69) is 19.9 Å². The molecule has 2 aromatic heterocycles. The van der Waals surface area contributed by atoms with Crippen LogP contribution in [0.2, 0.25) is 0 Å². The second-order valence-electron chi connectivity index (χ2n) is 6.72. The normalized spacial score (nSPS) is 16.6. The molecule has 7 nitrogen and oxygen atoms in total. The molecule has 0 spiro atoms. The van der Waals surface area contributed by atoms with E-state index in [1.807, 2.05) is 35.2 Å². The molecule has 1 aliphatic heterocycles. The van der Waals surface area contributed by atoms with Crippen LogP contribution < -0.4 is 4.74 Å². The maximum atomic E-state index is 13.0. The van der Waals surface area contributed by atoms with Gasteiger partial charge >= 0.3 is 0 Å². The molecule has 0 radical (unpaired) electrons. The molecule has 0 unspecified atom stereocenters. The Hall–Kier alpha value is -3.35. The Morgan fingerprint density at radius 3 is 2.64 bits per heavy atom. The number of carbonyl (C=O) groups is 1. The molecule has 4 rings (SSSR count). The van der Waals surface area contributed by atoms with Gasteiger partial charge in [0.05, 0.1) is 7.11 Å². The molecule has 1 amide bonds. The van der Waals surface area contributed by atoms with Crippen LogP contribution in [0.15, 0.2) is 55.2 Å². The smallest absolute Gasteiger partial charge is 0.253 e. The molecule has 3 heterocycles. The third kappa shape index (κ3) is 3.69. The van der Waals surface area contributed by atoms with Gasteiger partial charge in [0.1, 0.15) is 12.0 Å². The number of hydrogen-bond acceptors (Lipinski definition) is 6. The third-order valence-electron chi connectivity index (χ3n) is 5.00. The molecule has 3 aromatic rings. The van der Waals surface area contributed by atoms with Gasteiger partial charge in [0.2, 0.25) is 5.88 Å². The average molecular weight is 375 g/mol. The molecule has 0 aliphatic carbocycles. The van der Waals surface area contributed by atoms with Gasteiger partial charge in [-0.2, -0.15) is 0 Å². The Morgan fingerprint density at radius 1 is 1.07 bits per heavy atom. The van der Waals surface area contributed by atoms with Gasteiger partial charge in [0.15, 0.2) is 0 Å². The maximum absolute atomic E-state index is 13.0. The molecule has 1 fully saturated rings. The summed E-state index contributed by atoms with van der Waals surface area (Å²) in [5, 5.41) is 0. The van der Waals surface area contributed by atoms with Crippen LogP contribution in [0.25, 0.3) is 11.3 Å². The summed E-state index contributed by atoms with van der Waals surface area (Å²) in [5.41, 5.74) is 3.18. The number of nitrogens with zero attached hydrogens (tertiary/aromatic N) is 5. The van der Waals surface area contributed by atoms with Crippen LogP contribution >= 0.6 is 0 Å². The Bertz CT molecular complexity index is 947. The summed E-state index contributed by atoms with van der Waals surface area (Å²) < 4.78 is 5.27. The second-order valence-corrected chi connectivity index (χ2v) is 6.72.